The molecule has 0 aliphatic rings. The summed E-state index contributed by atoms with van der Waals surface area (Å²) in [5.41, 5.74) is 1.44. The Morgan fingerprint density at radius 1 is 1.35 bits per heavy atom. The summed E-state index contributed by atoms with van der Waals surface area (Å²) in [6, 6.07) is 4.21. The monoisotopic (exact) mass is 292 g/mol. The highest BCUT2D eigenvalue weighted by atomic mass is 32.1. The van der Waals surface area contributed by atoms with Gasteiger partial charge in [-0.1, -0.05) is 6.07 Å². The van der Waals surface area contributed by atoms with E-state index in [1.165, 1.54) is 23.5 Å². The van der Waals surface area contributed by atoms with Crippen LogP contribution in [0, 0.1) is 19.7 Å². The summed E-state index contributed by atoms with van der Waals surface area (Å²) in [6.45, 7) is 7.47. The second-order valence-electron chi connectivity index (χ2n) is 5.33. The zero-order chi connectivity index (χ0) is 14.9. The molecule has 106 valence electrons. The van der Waals surface area contributed by atoms with Crippen LogP contribution in [0.3, 0.4) is 0 Å². The summed E-state index contributed by atoms with van der Waals surface area (Å²) in [4.78, 5) is 16.7. The van der Waals surface area contributed by atoms with Gasteiger partial charge in [-0.25, -0.2) is 9.37 Å². The van der Waals surface area contributed by atoms with Crippen LogP contribution in [0.15, 0.2) is 23.6 Å². The second kappa shape index (κ2) is 5.32. The highest BCUT2D eigenvalue weighted by molar-refractivity contribution is 7.09. The van der Waals surface area contributed by atoms with Gasteiger partial charge in [-0.05, 0) is 45.4 Å². The van der Waals surface area contributed by atoms with Crippen molar-refractivity contribution in [3.05, 3.63) is 51.2 Å². The molecule has 0 saturated heterocycles. The van der Waals surface area contributed by atoms with E-state index in [4.69, 9.17) is 0 Å². The topological polar surface area (TPSA) is 42.0 Å². The zero-order valence-electron chi connectivity index (χ0n) is 12.0. The summed E-state index contributed by atoms with van der Waals surface area (Å²) in [7, 11) is 0. The molecule has 1 aromatic heterocycles. The van der Waals surface area contributed by atoms with Crippen LogP contribution in [-0.4, -0.2) is 10.9 Å². The van der Waals surface area contributed by atoms with Crippen LogP contribution < -0.4 is 5.32 Å². The van der Waals surface area contributed by atoms with Gasteiger partial charge in [0.2, 0.25) is 0 Å². The van der Waals surface area contributed by atoms with Crippen molar-refractivity contribution < 1.29 is 9.18 Å². The summed E-state index contributed by atoms with van der Waals surface area (Å²) >= 11 is 1.50. The number of benzene rings is 1. The summed E-state index contributed by atoms with van der Waals surface area (Å²) in [6.07, 6.45) is 0. The standard InChI is InChI=1S/C15H17FN2OS/c1-9-5-6-11(16)7-12(9)13(19)18-15(3,4)14-17-10(2)8-20-14/h5-8H,1-4H3,(H,18,19). The van der Waals surface area contributed by atoms with Crippen LogP contribution in [-0.2, 0) is 5.54 Å². The fourth-order valence-electron chi connectivity index (χ4n) is 1.88. The van der Waals surface area contributed by atoms with Gasteiger partial charge in [0.05, 0.1) is 5.54 Å². The predicted molar refractivity (Wildman–Crippen MR) is 78.5 cm³/mol. The molecule has 2 rings (SSSR count). The number of thiazole rings is 1. The number of hydrogen-bond donors (Lipinski definition) is 1. The number of carbonyl (C=O) groups is 1. The quantitative estimate of drug-likeness (QED) is 0.939. The minimum atomic E-state index is -0.589. The first-order valence-electron chi connectivity index (χ1n) is 6.31. The molecule has 5 heteroatoms. The Morgan fingerprint density at radius 2 is 2.05 bits per heavy atom. The van der Waals surface area contributed by atoms with Gasteiger partial charge < -0.3 is 5.32 Å². The number of hydrogen-bond acceptors (Lipinski definition) is 3. The van der Waals surface area contributed by atoms with Crippen molar-refractivity contribution >= 4 is 17.2 Å². The Kier molecular flexibility index (Phi) is 3.90. The molecule has 20 heavy (non-hydrogen) atoms. The Balaban J connectivity index is 2.24. The van der Waals surface area contributed by atoms with E-state index in [-0.39, 0.29) is 5.91 Å². The van der Waals surface area contributed by atoms with Crippen molar-refractivity contribution in [2.75, 3.05) is 0 Å². The Hall–Kier alpha value is -1.75. The fourth-order valence-corrected chi connectivity index (χ4v) is 2.76. The normalized spacial score (nSPS) is 11.4. The number of rotatable bonds is 3. The van der Waals surface area contributed by atoms with Crippen LogP contribution in [0.2, 0.25) is 0 Å². The smallest absolute Gasteiger partial charge is 0.252 e. The molecule has 1 heterocycles. The zero-order valence-corrected chi connectivity index (χ0v) is 12.8. The van der Waals surface area contributed by atoms with Gasteiger partial charge >= 0.3 is 0 Å². The average molecular weight is 292 g/mol. The van der Waals surface area contributed by atoms with Gasteiger partial charge in [-0.3, -0.25) is 4.79 Å². The Bertz CT molecular complexity index is 649. The lowest BCUT2D eigenvalue weighted by Gasteiger charge is -2.24. The van der Waals surface area contributed by atoms with Crippen molar-refractivity contribution in [1.82, 2.24) is 10.3 Å². The van der Waals surface area contributed by atoms with Crippen molar-refractivity contribution in [3.63, 3.8) is 0 Å². The Labute approximate surface area is 121 Å². The molecule has 0 bridgehead atoms. The number of nitrogens with one attached hydrogen (secondary N) is 1. The molecule has 0 spiro atoms. The van der Waals surface area contributed by atoms with Crippen molar-refractivity contribution in [1.29, 1.82) is 0 Å². The third-order valence-corrected chi connectivity index (χ3v) is 4.31. The maximum Gasteiger partial charge on any atom is 0.252 e. The predicted octanol–water partition coefficient (Wildman–Crippen LogP) is 3.56. The second-order valence-corrected chi connectivity index (χ2v) is 6.19. The first-order valence-corrected chi connectivity index (χ1v) is 7.19. The average Bonchev–Trinajstić information content (AvgIpc) is 2.79. The molecule has 0 saturated carbocycles. The molecule has 1 aromatic carbocycles. The molecule has 0 atom stereocenters. The first-order chi connectivity index (χ1) is 9.29. The molecular formula is C15H17FN2OS. The van der Waals surface area contributed by atoms with E-state index in [1.807, 2.05) is 26.2 Å². The number of nitrogens with zero attached hydrogens (tertiary/aromatic N) is 1. The minimum absolute atomic E-state index is 0.292. The van der Waals surface area contributed by atoms with Crippen LogP contribution in [0.4, 0.5) is 4.39 Å². The lowest BCUT2D eigenvalue weighted by atomic mass is 10.0. The highest BCUT2D eigenvalue weighted by Crippen LogP contribution is 2.24. The molecule has 0 fully saturated rings. The van der Waals surface area contributed by atoms with Crippen molar-refractivity contribution in [2.45, 2.75) is 33.2 Å². The summed E-state index contributed by atoms with van der Waals surface area (Å²) < 4.78 is 13.3. The Morgan fingerprint density at radius 3 is 2.65 bits per heavy atom. The largest absolute Gasteiger partial charge is 0.341 e. The van der Waals surface area contributed by atoms with Crippen LogP contribution in [0.1, 0.15) is 40.5 Å². The van der Waals surface area contributed by atoms with Crippen LogP contribution in [0.25, 0.3) is 0 Å². The molecule has 1 amide bonds. The van der Waals surface area contributed by atoms with Crippen LogP contribution in [0.5, 0.6) is 0 Å². The molecule has 3 nitrogen and oxygen atoms in total. The summed E-state index contributed by atoms with van der Waals surface area (Å²) in [5.74, 6) is -0.705. The lowest BCUT2D eigenvalue weighted by Crippen LogP contribution is -2.41. The van der Waals surface area contributed by atoms with E-state index in [1.54, 1.807) is 13.0 Å². The van der Waals surface area contributed by atoms with Gasteiger partial charge in [0.25, 0.3) is 5.91 Å². The van der Waals surface area contributed by atoms with Gasteiger partial charge in [0.15, 0.2) is 0 Å². The minimum Gasteiger partial charge on any atom is -0.341 e. The fraction of sp³-hybridized carbons (Fsp3) is 0.333. The third-order valence-electron chi connectivity index (χ3n) is 3.02. The number of amides is 1. The maximum atomic E-state index is 13.3. The van der Waals surface area contributed by atoms with Crippen molar-refractivity contribution in [2.24, 2.45) is 0 Å². The lowest BCUT2D eigenvalue weighted by molar-refractivity contribution is 0.0910. The van der Waals surface area contributed by atoms with Crippen molar-refractivity contribution in [3.8, 4) is 0 Å². The van der Waals surface area contributed by atoms with E-state index in [9.17, 15) is 9.18 Å². The van der Waals surface area contributed by atoms with Crippen LogP contribution >= 0.6 is 11.3 Å². The third kappa shape index (κ3) is 3.04. The number of aromatic nitrogens is 1. The number of aryl methyl sites for hydroxylation is 2. The first kappa shape index (κ1) is 14.7. The molecule has 0 aliphatic heterocycles. The molecule has 1 N–H and O–H groups in total. The highest BCUT2D eigenvalue weighted by Gasteiger charge is 2.27. The van der Waals surface area contributed by atoms with E-state index < -0.39 is 11.4 Å². The number of halogens is 1. The molecule has 0 aliphatic carbocycles. The summed E-state index contributed by atoms with van der Waals surface area (Å²) in [5, 5.41) is 5.68. The van der Waals surface area contributed by atoms with Gasteiger partial charge in [-0.2, -0.15) is 0 Å². The van der Waals surface area contributed by atoms with E-state index in [0.29, 0.717) is 5.56 Å². The van der Waals surface area contributed by atoms with E-state index in [0.717, 1.165) is 16.3 Å². The van der Waals surface area contributed by atoms with Gasteiger partial charge in [0.1, 0.15) is 10.8 Å². The maximum absolute atomic E-state index is 13.3. The van der Waals surface area contributed by atoms with Gasteiger partial charge in [0, 0.05) is 16.6 Å². The number of carbonyl (C=O) groups excluding carboxylic acids is 1. The van der Waals surface area contributed by atoms with Gasteiger partial charge in [-0.15, -0.1) is 11.3 Å². The molecule has 2 aromatic rings. The van der Waals surface area contributed by atoms with E-state index >= 15 is 0 Å². The molecular weight excluding hydrogens is 275 g/mol. The van der Waals surface area contributed by atoms with E-state index in [2.05, 4.69) is 10.3 Å². The molecule has 0 unspecified atom stereocenters. The molecule has 0 radical (unpaired) electrons. The SMILES string of the molecule is Cc1csc(C(C)(C)NC(=O)c2cc(F)ccc2C)n1.